The van der Waals surface area contributed by atoms with Gasteiger partial charge in [0.2, 0.25) is 5.91 Å². The van der Waals surface area contributed by atoms with E-state index in [1.54, 1.807) is 22.7 Å². The van der Waals surface area contributed by atoms with Crippen molar-refractivity contribution in [2.24, 2.45) is 0 Å². The number of rotatable bonds is 5. The summed E-state index contributed by atoms with van der Waals surface area (Å²) in [6.45, 7) is 5.21. The van der Waals surface area contributed by atoms with Crippen LogP contribution in [0.15, 0.2) is 36.4 Å². The van der Waals surface area contributed by atoms with Crippen LogP contribution in [0.25, 0.3) is 20.8 Å². The molecule has 4 nitrogen and oxygen atoms in total. The van der Waals surface area contributed by atoms with Crippen molar-refractivity contribution < 1.29 is 4.79 Å². The Kier molecular flexibility index (Phi) is 5.64. The molecule has 4 aromatic rings. The molecule has 4 heterocycles. The van der Waals surface area contributed by atoms with E-state index in [0.717, 1.165) is 52.0 Å². The number of fused-ring (bicyclic) bond motifs is 2. The maximum Gasteiger partial charge on any atom is 0.230 e. The minimum Gasteiger partial charge on any atom is -0.317 e. The third kappa shape index (κ3) is 3.92. The van der Waals surface area contributed by atoms with Gasteiger partial charge in [-0.25, -0.2) is 4.98 Å². The number of carbonyl (C=O) groups excluding carboxylic acids is 1. The highest BCUT2D eigenvalue weighted by Crippen LogP contribution is 2.45. The van der Waals surface area contributed by atoms with E-state index in [2.05, 4.69) is 23.2 Å². The molecule has 0 saturated heterocycles. The van der Waals surface area contributed by atoms with Crippen LogP contribution in [0.5, 0.6) is 0 Å². The smallest absolute Gasteiger partial charge is 0.230 e. The van der Waals surface area contributed by atoms with Crippen molar-refractivity contribution >= 4 is 66.7 Å². The third-order valence-corrected chi connectivity index (χ3v) is 8.72. The van der Waals surface area contributed by atoms with Crippen LogP contribution in [0.1, 0.15) is 22.2 Å². The summed E-state index contributed by atoms with van der Waals surface area (Å²) in [5.74, 6) is -0.0122. The van der Waals surface area contributed by atoms with Crippen LogP contribution in [-0.4, -0.2) is 28.9 Å². The average molecular weight is 474 g/mol. The SMILES string of the molecule is CCN1CCc2c(sc(NC(=O)Cc3ccc(Cl)s3)c2-c2nc3ccccc3s2)C1. The van der Waals surface area contributed by atoms with Crippen LogP contribution >= 0.6 is 45.6 Å². The molecule has 1 aliphatic heterocycles. The lowest BCUT2D eigenvalue weighted by atomic mass is 10.0. The normalized spacial score (nSPS) is 14.2. The summed E-state index contributed by atoms with van der Waals surface area (Å²) in [6, 6.07) is 12.0. The lowest BCUT2D eigenvalue weighted by Crippen LogP contribution is -2.29. The zero-order valence-electron chi connectivity index (χ0n) is 16.4. The number of nitrogens with zero attached hydrogens (tertiary/aromatic N) is 2. The highest BCUT2D eigenvalue weighted by molar-refractivity contribution is 7.23. The Labute approximate surface area is 192 Å². The van der Waals surface area contributed by atoms with Crippen LogP contribution in [-0.2, 0) is 24.2 Å². The molecule has 5 rings (SSSR count). The molecule has 1 aromatic carbocycles. The second-order valence-corrected chi connectivity index (χ2v) is 11.2. The van der Waals surface area contributed by atoms with Crippen LogP contribution in [0, 0.1) is 0 Å². The number of likely N-dealkylation sites (N-methyl/N-ethyl adjacent to an activating group) is 1. The van der Waals surface area contributed by atoms with Crippen molar-refractivity contribution in [1.29, 1.82) is 0 Å². The van der Waals surface area contributed by atoms with Crippen molar-refractivity contribution in [1.82, 2.24) is 9.88 Å². The Morgan fingerprint density at radius 3 is 2.83 bits per heavy atom. The number of carbonyl (C=O) groups is 1. The summed E-state index contributed by atoms with van der Waals surface area (Å²) in [7, 11) is 0. The number of aromatic nitrogens is 1. The summed E-state index contributed by atoms with van der Waals surface area (Å²) in [6.07, 6.45) is 1.32. The quantitative estimate of drug-likeness (QED) is 0.370. The van der Waals surface area contributed by atoms with Gasteiger partial charge in [-0.15, -0.1) is 34.0 Å². The van der Waals surface area contributed by atoms with Gasteiger partial charge in [-0.1, -0.05) is 30.7 Å². The Hall–Kier alpha value is -1.77. The molecule has 3 aromatic heterocycles. The Morgan fingerprint density at radius 1 is 1.20 bits per heavy atom. The fourth-order valence-corrected chi connectivity index (χ4v) is 7.30. The number of hydrogen-bond acceptors (Lipinski definition) is 6. The van der Waals surface area contributed by atoms with Gasteiger partial charge >= 0.3 is 0 Å². The van der Waals surface area contributed by atoms with Crippen molar-refractivity contribution in [2.75, 3.05) is 18.4 Å². The molecule has 1 amide bonds. The fourth-order valence-electron chi connectivity index (χ4n) is 3.80. The van der Waals surface area contributed by atoms with E-state index in [4.69, 9.17) is 16.6 Å². The average Bonchev–Trinajstić information content (AvgIpc) is 3.43. The van der Waals surface area contributed by atoms with E-state index >= 15 is 0 Å². The third-order valence-electron chi connectivity index (χ3n) is 5.31. The molecule has 0 fully saturated rings. The van der Waals surface area contributed by atoms with E-state index in [1.807, 2.05) is 30.3 Å². The number of amides is 1. The number of nitrogens with one attached hydrogen (secondary N) is 1. The highest BCUT2D eigenvalue weighted by atomic mass is 35.5. The molecular formula is C22H20ClN3OS3. The molecule has 1 aliphatic rings. The lowest BCUT2D eigenvalue weighted by molar-refractivity contribution is -0.115. The Balaban J connectivity index is 1.52. The number of anilines is 1. The maximum atomic E-state index is 12.8. The van der Waals surface area contributed by atoms with Crippen molar-refractivity contribution in [3.63, 3.8) is 0 Å². The molecule has 8 heteroatoms. The van der Waals surface area contributed by atoms with Gasteiger partial charge in [0, 0.05) is 28.4 Å². The molecule has 0 saturated carbocycles. The zero-order valence-corrected chi connectivity index (χ0v) is 19.6. The Morgan fingerprint density at radius 2 is 2.07 bits per heavy atom. The van der Waals surface area contributed by atoms with E-state index in [0.29, 0.717) is 10.8 Å². The summed E-state index contributed by atoms with van der Waals surface area (Å²) in [5, 5.41) is 5.11. The van der Waals surface area contributed by atoms with Gasteiger partial charge in [0.25, 0.3) is 0 Å². The monoisotopic (exact) mass is 473 g/mol. The van der Waals surface area contributed by atoms with Crippen molar-refractivity contribution in [2.45, 2.75) is 26.3 Å². The van der Waals surface area contributed by atoms with Crippen LogP contribution in [0.4, 0.5) is 5.00 Å². The lowest BCUT2D eigenvalue weighted by Gasteiger charge is -2.25. The van der Waals surface area contributed by atoms with Gasteiger partial charge < -0.3 is 5.32 Å². The van der Waals surface area contributed by atoms with E-state index in [1.165, 1.54) is 26.5 Å². The van der Waals surface area contributed by atoms with E-state index in [9.17, 15) is 4.79 Å². The number of thiophene rings is 2. The zero-order chi connectivity index (χ0) is 20.7. The standard InChI is InChI=1S/C22H20ClN3OS3/c1-2-26-10-9-14-17(12-26)30-22(25-19(27)11-13-7-8-18(23)28-13)20(14)21-24-15-5-3-4-6-16(15)29-21/h3-8H,2,9-12H2,1H3,(H,25,27). The summed E-state index contributed by atoms with van der Waals surface area (Å²) < 4.78 is 1.88. The van der Waals surface area contributed by atoms with Crippen LogP contribution in [0.3, 0.4) is 0 Å². The van der Waals surface area contributed by atoms with E-state index in [-0.39, 0.29) is 5.91 Å². The molecule has 0 bridgehead atoms. The second-order valence-electron chi connectivity index (χ2n) is 7.24. The van der Waals surface area contributed by atoms with Gasteiger partial charge in [0.1, 0.15) is 10.0 Å². The minimum atomic E-state index is -0.0122. The summed E-state index contributed by atoms with van der Waals surface area (Å²) in [4.78, 5) is 22.5. The molecule has 0 unspecified atom stereocenters. The topological polar surface area (TPSA) is 45.2 Å². The number of halogens is 1. The first-order chi connectivity index (χ1) is 14.6. The highest BCUT2D eigenvalue weighted by Gasteiger charge is 2.27. The number of hydrogen-bond donors (Lipinski definition) is 1. The molecule has 0 aliphatic carbocycles. The van der Waals surface area contributed by atoms with Gasteiger partial charge in [0.05, 0.1) is 21.0 Å². The predicted molar refractivity (Wildman–Crippen MR) is 129 cm³/mol. The van der Waals surface area contributed by atoms with Gasteiger partial charge in [0.15, 0.2) is 0 Å². The largest absolute Gasteiger partial charge is 0.317 e. The van der Waals surface area contributed by atoms with Crippen LogP contribution < -0.4 is 5.32 Å². The van der Waals surface area contributed by atoms with E-state index < -0.39 is 0 Å². The fraction of sp³-hybridized carbons (Fsp3) is 0.273. The van der Waals surface area contributed by atoms with Crippen LogP contribution in [0.2, 0.25) is 4.34 Å². The first-order valence-electron chi connectivity index (χ1n) is 9.87. The molecule has 0 radical (unpaired) electrons. The molecule has 0 atom stereocenters. The van der Waals surface area contributed by atoms with Gasteiger partial charge in [-0.2, -0.15) is 0 Å². The summed E-state index contributed by atoms with van der Waals surface area (Å²) >= 11 is 10.9. The molecule has 30 heavy (non-hydrogen) atoms. The Bertz CT molecular complexity index is 1190. The predicted octanol–water partition coefficient (Wildman–Crippen LogP) is 6.30. The van der Waals surface area contributed by atoms with Gasteiger partial charge in [-0.3, -0.25) is 9.69 Å². The molecule has 1 N–H and O–H groups in total. The number of benzene rings is 1. The maximum absolute atomic E-state index is 12.8. The van der Waals surface area contributed by atoms with Gasteiger partial charge in [-0.05, 0) is 42.8 Å². The minimum absolute atomic E-state index is 0.0122. The summed E-state index contributed by atoms with van der Waals surface area (Å²) in [5.41, 5.74) is 3.47. The molecule has 0 spiro atoms. The van der Waals surface area contributed by atoms with Crippen molar-refractivity contribution in [3.8, 4) is 10.6 Å². The molecular weight excluding hydrogens is 454 g/mol. The molecule has 154 valence electrons. The number of thiazole rings is 1. The second kappa shape index (κ2) is 8.40. The first kappa shape index (κ1) is 20.2. The number of para-hydroxylation sites is 1. The first-order valence-corrected chi connectivity index (χ1v) is 12.7. The van der Waals surface area contributed by atoms with Crippen molar-refractivity contribution in [3.05, 3.63) is 56.1 Å².